The van der Waals surface area contributed by atoms with Crippen LogP contribution in [0, 0.1) is 0 Å². The van der Waals surface area contributed by atoms with E-state index in [9.17, 15) is 14.4 Å². The first-order valence-electron chi connectivity index (χ1n) is 12.7. The van der Waals surface area contributed by atoms with Gasteiger partial charge in [-0.25, -0.2) is 0 Å². The normalized spacial score (nSPS) is 11.8. The molecule has 0 aliphatic heterocycles. The van der Waals surface area contributed by atoms with Gasteiger partial charge in [0, 0.05) is 44.7 Å². The van der Waals surface area contributed by atoms with E-state index < -0.39 is 0 Å². The van der Waals surface area contributed by atoms with Crippen molar-refractivity contribution >= 4 is 39.5 Å². The van der Waals surface area contributed by atoms with Crippen LogP contribution in [-0.4, -0.2) is 34.1 Å². The highest BCUT2D eigenvalue weighted by Crippen LogP contribution is 2.08. The standard InChI is InChI=1S/C25H38O2S.C4H9NOS/c1-3-4-5-6-7-8-9-10-11-12-13-14-15-16-17-18-19-21-25(27)22-20-23-28-24(2)26;1-4(6)7-3-2-5/h4-5,7-8,10-11,13-14,16-17H,3,6,9,12,15,18-23H2,1-2H3;2-3,5H2,1H3/b5-4-,8-7-,11-10-,14-13-,17-16+;. The molecule has 0 radical (unpaired) electrons. The Hall–Kier alpha value is -1.63. The number of carbonyl (C=O) groups excluding carboxylic acids is 3. The average molecular weight is 522 g/mol. The lowest BCUT2D eigenvalue weighted by atomic mass is 10.1. The van der Waals surface area contributed by atoms with Crippen molar-refractivity contribution in [3.63, 3.8) is 0 Å². The van der Waals surface area contributed by atoms with E-state index in [1.165, 1.54) is 23.5 Å². The molecule has 6 heteroatoms. The van der Waals surface area contributed by atoms with Gasteiger partial charge in [-0.05, 0) is 51.4 Å². The summed E-state index contributed by atoms with van der Waals surface area (Å²) in [4.78, 5) is 32.6. The molecule has 0 fully saturated rings. The van der Waals surface area contributed by atoms with Gasteiger partial charge in [0.25, 0.3) is 0 Å². The maximum Gasteiger partial charge on any atom is 0.185 e. The SMILES string of the molecule is CC(=O)SCCN.CC/C=C\C/C=C\C/C=C\C/C=C\C/C=C/CCCC(=O)CCCSC(C)=O. The highest BCUT2D eigenvalue weighted by molar-refractivity contribution is 8.13. The Morgan fingerprint density at radius 3 is 1.49 bits per heavy atom. The summed E-state index contributed by atoms with van der Waals surface area (Å²) in [7, 11) is 0. The Morgan fingerprint density at radius 1 is 0.629 bits per heavy atom. The first-order valence-corrected chi connectivity index (χ1v) is 14.6. The fourth-order valence-electron chi connectivity index (χ4n) is 2.60. The lowest BCUT2D eigenvalue weighted by molar-refractivity contribution is -0.119. The number of hydrogen-bond acceptors (Lipinski definition) is 6. The summed E-state index contributed by atoms with van der Waals surface area (Å²) in [5.41, 5.74) is 5.10. The highest BCUT2D eigenvalue weighted by atomic mass is 32.2. The van der Waals surface area contributed by atoms with Crippen LogP contribution in [0.2, 0.25) is 0 Å². The number of allylic oxidation sites excluding steroid dienone is 10. The molecule has 35 heavy (non-hydrogen) atoms. The number of Topliss-reactive ketones (excluding diaryl/α,β-unsaturated/α-hetero) is 1. The van der Waals surface area contributed by atoms with E-state index in [4.69, 9.17) is 5.73 Å². The van der Waals surface area contributed by atoms with Gasteiger partial charge in [0.05, 0.1) is 0 Å². The van der Waals surface area contributed by atoms with Gasteiger partial charge in [0.15, 0.2) is 10.2 Å². The van der Waals surface area contributed by atoms with Crippen LogP contribution >= 0.6 is 23.5 Å². The molecule has 0 rings (SSSR count). The van der Waals surface area contributed by atoms with Crippen molar-refractivity contribution in [2.45, 2.75) is 85.0 Å². The largest absolute Gasteiger partial charge is 0.330 e. The summed E-state index contributed by atoms with van der Waals surface area (Å²) >= 11 is 2.57. The number of unbranched alkanes of at least 4 members (excludes halogenated alkanes) is 1. The summed E-state index contributed by atoms with van der Waals surface area (Å²) in [6.07, 6.45) is 30.9. The molecule has 0 amide bonds. The molecule has 0 aromatic heterocycles. The van der Waals surface area contributed by atoms with Crippen molar-refractivity contribution in [1.82, 2.24) is 0 Å². The number of nitrogens with two attached hydrogens (primary N) is 1. The Balaban J connectivity index is 0. The summed E-state index contributed by atoms with van der Waals surface area (Å²) < 4.78 is 0. The fourth-order valence-corrected chi connectivity index (χ4v) is 3.58. The molecule has 0 aliphatic rings. The van der Waals surface area contributed by atoms with Gasteiger partial charge < -0.3 is 5.73 Å². The summed E-state index contributed by atoms with van der Waals surface area (Å²) in [6.45, 7) is 5.85. The van der Waals surface area contributed by atoms with Crippen LogP contribution in [0.5, 0.6) is 0 Å². The second-order valence-corrected chi connectivity index (χ2v) is 10.3. The van der Waals surface area contributed by atoms with Gasteiger partial charge in [-0.3, -0.25) is 14.4 Å². The van der Waals surface area contributed by atoms with Gasteiger partial charge in [0.1, 0.15) is 5.78 Å². The first kappa shape index (κ1) is 35.5. The molecular formula is C29H47NO3S2. The molecule has 0 heterocycles. The molecule has 4 nitrogen and oxygen atoms in total. The van der Waals surface area contributed by atoms with Gasteiger partial charge in [0.2, 0.25) is 0 Å². The molecule has 0 saturated heterocycles. The van der Waals surface area contributed by atoms with Gasteiger partial charge in [-0.15, -0.1) is 0 Å². The second-order valence-electron chi connectivity index (χ2n) is 7.71. The predicted octanol–water partition coefficient (Wildman–Crippen LogP) is 7.76. The van der Waals surface area contributed by atoms with Gasteiger partial charge in [-0.2, -0.15) is 0 Å². The van der Waals surface area contributed by atoms with Crippen molar-refractivity contribution in [2.24, 2.45) is 5.73 Å². The maximum atomic E-state index is 11.7. The van der Waals surface area contributed by atoms with Crippen LogP contribution in [0.25, 0.3) is 0 Å². The molecule has 0 aromatic rings. The van der Waals surface area contributed by atoms with E-state index in [1.807, 2.05) is 0 Å². The van der Waals surface area contributed by atoms with Crippen LogP contribution in [0.3, 0.4) is 0 Å². The van der Waals surface area contributed by atoms with Crippen LogP contribution < -0.4 is 5.73 Å². The third kappa shape index (κ3) is 37.1. The van der Waals surface area contributed by atoms with Crippen LogP contribution in [0.1, 0.15) is 85.0 Å². The quantitative estimate of drug-likeness (QED) is 0.138. The van der Waals surface area contributed by atoms with Crippen molar-refractivity contribution in [3.05, 3.63) is 60.8 Å². The third-order valence-electron chi connectivity index (χ3n) is 4.31. The molecule has 0 saturated carbocycles. The molecule has 0 spiro atoms. The summed E-state index contributed by atoms with van der Waals surface area (Å²) in [5.74, 6) is 1.82. The molecule has 2 N–H and O–H groups in total. The van der Waals surface area contributed by atoms with Crippen LogP contribution in [-0.2, 0) is 14.4 Å². The molecule has 0 aliphatic carbocycles. The van der Waals surface area contributed by atoms with Gasteiger partial charge in [-0.1, -0.05) is 91.2 Å². The van der Waals surface area contributed by atoms with Gasteiger partial charge >= 0.3 is 0 Å². The lowest BCUT2D eigenvalue weighted by Crippen LogP contribution is -2.02. The lowest BCUT2D eigenvalue weighted by Gasteiger charge is -1.99. The van der Waals surface area contributed by atoms with Crippen molar-refractivity contribution in [1.29, 1.82) is 0 Å². The zero-order valence-corrected chi connectivity index (χ0v) is 23.7. The highest BCUT2D eigenvalue weighted by Gasteiger charge is 2.02. The van der Waals surface area contributed by atoms with Crippen molar-refractivity contribution in [3.8, 4) is 0 Å². The monoisotopic (exact) mass is 521 g/mol. The van der Waals surface area contributed by atoms with E-state index in [0.717, 1.165) is 62.9 Å². The zero-order chi connectivity index (χ0) is 26.4. The van der Waals surface area contributed by atoms with E-state index >= 15 is 0 Å². The van der Waals surface area contributed by atoms with Crippen molar-refractivity contribution < 1.29 is 14.4 Å². The van der Waals surface area contributed by atoms with E-state index in [2.05, 4.69) is 67.7 Å². The van der Waals surface area contributed by atoms with Crippen LogP contribution in [0.15, 0.2) is 60.8 Å². The Bertz CT molecular complexity index is 679. The topological polar surface area (TPSA) is 77.2 Å². The third-order valence-corrected chi connectivity index (χ3v) is 6.06. The number of ketones is 1. The Kier molecular flexibility index (Phi) is 30.9. The zero-order valence-electron chi connectivity index (χ0n) is 22.1. The molecule has 0 aromatic carbocycles. The Morgan fingerprint density at radius 2 is 1.06 bits per heavy atom. The average Bonchev–Trinajstić information content (AvgIpc) is 2.82. The first-order chi connectivity index (χ1) is 16.9. The minimum Gasteiger partial charge on any atom is -0.330 e. The smallest absolute Gasteiger partial charge is 0.185 e. The Labute approximate surface area is 223 Å². The summed E-state index contributed by atoms with van der Waals surface area (Å²) in [6, 6.07) is 0. The van der Waals surface area contributed by atoms with E-state index in [0.29, 0.717) is 25.2 Å². The molecule has 0 bridgehead atoms. The maximum absolute atomic E-state index is 11.7. The van der Waals surface area contributed by atoms with E-state index in [1.54, 1.807) is 13.8 Å². The predicted molar refractivity (Wildman–Crippen MR) is 158 cm³/mol. The molecule has 0 unspecified atom stereocenters. The number of hydrogen-bond donors (Lipinski definition) is 1. The summed E-state index contributed by atoms with van der Waals surface area (Å²) in [5, 5.41) is 0.274. The molecule has 0 atom stereocenters. The number of thioether (sulfide) groups is 2. The van der Waals surface area contributed by atoms with Crippen molar-refractivity contribution in [2.75, 3.05) is 18.1 Å². The minimum absolute atomic E-state index is 0.130. The molecule has 198 valence electrons. The van der Waals surface area contributed by atoms with Crippen LogP contribution in [0.4, 0.5) is 0 Å². The van der Waals surface area contributed by atoms with E-state index in [-0.39, 0.29) is 10.2 Å². The number of rotatable bonds is 19. The second kappa shape index (κ2) is 30.4. The fraction of sp³-hybridized carbons (Fsp3) is 0.552. The minimum atomic E-state index is 0.130. The molecular weight excluding hydrogens is 474 g/mol. The number of carbonyl (C=O) groups is 3.